The minimum atomic E-state index is 0.401. The predicted octanol–water partition coefficient (Wildman–Crippen LogP) is 4.88. The second-order valence-corrected chi connectivity index (χ2v) is 5.76. The summed E-state index contributed by atoms with van der Waals surface area (Å²) in [5.41, 5.74) is 0.871. The molecule has 0 aliphatic carbocycles. The maximum Gasteiger partial charge on any atom is 0.140 e. The van der Waals surface area contributed by atoms with Gasteiger partial charge >= 0.3 is 0 Å². The van der Waals surface area contributed by atoms with Crippen molar-refractivity contribution in [2.24, 2.45) is 0 Å². The minimum Gasteiger partial charge on any atom is -0.485 e. The molecular weight excluding hydrogens is 345 g/mol. The van der Waals surface area contributed by atoms with E-state index in [1.165, 1.54) is 11.3 Å². The second-order valence-electron chi connectivity index (χ2n) is 3.23. The van der Waals surface area contributed by atoms with Gasteiger partial charge in [0.15, 0.2) is 0 Å². The molecule has 0 fully saturated rings. The third kappa shape index (κ3) is 3.58. The number of thiazole rings is 1. The summed E-state index contributed by atoms with van der Waals surface area (Å²) in [6.45, 7) is 0.401. The third-order valence-corrected chi connectivity index (χ3v) is 3.93. The fourth-order valence-electron chi connectivity index (χ4n) is 1.20. The molecule has 1 aromatic carbocycles. The molecule has 0 saturated heterocycles. The molecule has 0 aliphatic heterocycles. The lowest BCUT2D eigenvalue weighted by atomic mass is 10.3. The van der Waals surface area contributed by atoms with Crippen LogP contribution in [-0.2, 0) is 12.5 Å². The van der Waals surface area contributed by atoms with Crippen LogP contribution >= 0.6 is 50.5 Å². The van der Waals surface area contributed by atoms with Crippen molar-refractivity contribution in [2.75, 3.05) is 0 Å². The van der Waals surface area contributed by atoms with Crippen molar-refractivity contribution in [1.82, 2.24) is 4.98 Å². The zero-order valence-electron chi connectivity index (χ0n) is 8.62. The van der Waals surface area contributed by atoms with Gasteiger partial charge in [-0.15, -0.1) is 22.9 Å². The number of ether oxygens (including phenoxy) is 1. The molecule has 0 bridgehead atoms. The standard InChI is InChI=1S/C11H8BrCl2NOS/c12-7-1-2-9(14)10(3-7)16-5-11-15-8(4-13)6-17-11/h1-3,6H,4-5H2. The normalized spacial score (nSPS) is 10.5. The Kier molecular flexibility index (Phi) is 4.68. The summed E-state index contributed by atoms with van der Waals surface area (Å²) in [6, 6.07) is 5.48. The van der Waals surface area contributed by atoms with E-state index in [4.69, 9.17) is 27.9 Å². The molecule has 0 unspecified atom stereocenters. The monoisotopic (exact) mass is 351 g/mol. The third-order valence-electron chi connectivity index (χ3n) is 1.98. The molecule has 17 heavy (non-hydrogen) atoms. The van der Waals surface area contributed by atoms with Gasteiger partial charge < -0.3 is 4.74 Å². The van der Waals surface area contributed by atoms with Crippen molar-refractivity contribution in [3.63, 3.8) is 0 Å². The summed E-state index contributed by atoms with van der Waals surface area (Å²) in [7, 11) is 0. The van der Waals surface area contributed by atoms with Crippen LogP contribution in [0.1, 0.15) is 10.7 Å². The summed E-state index contributed by atoms with van der Waals surface area (Å²) in [5, 5.41) is 3.40. The van der Waals surface area contributed by atoms with Crippen molar-refractivity contribution < 1.29 is 4.74 Å². The molecule has 2 nitrogen and oxygen atoms in total. The smallest absolute Gasteiger partial charge is 0.140 e. The molecule has 0 spiro atoms. The fraction of sp³-hybridized carbons (Fsp3) is 0.182. The quantitative estimate of drug-likeness (QED) is 0.732. The Morgan fingerprint density at radius 1 is 1.41 bits per heavy atom. The number of benzene rings is 1. The van der Waals surface area contributed by atoms with E-state index in [1.807, 2.05) is 17.5 Å². The van der Waals surface area contributed by atoms with Gasteiger partial charge in [0, 0.05) is 9.85 Å². The molecule has 1 aromatic heterocycles. The molecule has 6 heteroatoms. The number of hydrogen-bond donors (Lipinski definition) is 0. The van der Waals surface area contributed by atoms with Crippen molar-refractivity contribution in [3.8, 4) is 5.75 Å². The van der Waals surface area contributed by atoms with Crippen molar-refractivity contribution in [1.29, 1.82) is 0 Å². The van der Waals surface area contributed by atoms with Crippen LogP contribution in [0.15, 0.2) is 28.1 Å². The molecule has 1 heterocycles. The highest BCUT2D eigenvalue weighted by atomic mass is 79.9. The van der Waals surface area contributed by atoms with E-state index in [0.29, 0.717) is 23.3 Å². The van der Waals surface area contributed by atoms with E-state index in [-0.39, 0.29) is 0 Å². The predicted molar refractivity (Wildman–Crippen MR) is 75.2 cm³/mol. The largest absolute Gasteiger partial charge is 0.485 e. The molecule has 0 aliphatic rings. The summed E-state index contributed by atoms with van der Waals surface area (Å²) in [4.78, 5) is 4.30. The molecule has 2 aromatic rings. The second kappa shape index (κ2) is 6.05. The SMILES string of the molecule is ClCc1csc(COc2cc(Br)ccc2Cl)n1. The number of hydrogen-bond acceptors (Lipinski definition) is 3. The van der Waals surface area contributed by atoms with E-state index in [0.717, 1.165) is 15.2 Å². The van der Waals surface area contributed by atoms with Crippen LogP contribution in [0.5, 0.6) is 5.75 Å². The number of halogens is 3. The van der Waals surface area contributed by atoms with Gasteiger partial charge in [0.2, 0.25) is 0 Å². The molecule has 0 radical (unpaired) electrons. The van der Waals surface area contributed by atoms with E-state index in [1.54, 1.807) is 6.07 Å². The molecule has 0 amide bonds. The topological polar surface area (TPSA) is 22.1 Å². The Bertz CT molecular complexity index is 518. The average molecular weight is 353 g/mol. The summed E-state index contributed by atoms with van der Waals surface area (Å²) >= 11 is 16.6. The summed E-state index contributed by atoms with van der Waals surface area (Å²) < 4.78 is 6.53. The van der Waals surface area contributed by atoms with Crippen molar-refractivity contribution in [2.45, 2.75) is 12.5 Å². The Hall–Kier alpha value is -0.290. The minimum absolute atomic E-state index is 0.401. The Labute approximate surface area is 122 Å². The average Bonchev–Trinajstić information content (AvgIpc) is 2.78. The molecule has 2 rings (SSSR count). The number of aromatic nitrogens is 1. The van der Waals surface area contributed by atoms with E-state index >= 15 is 0 Å². The Morgan fingerprint density at radius 2 is 2.24 bits per heavy atom. The highest BCUT2D eigenvalue weighted by Crippen LogP contribution is 2.28. The van der Waals surface area contributed by atoms with Crippen LogP contribution in [0.2, 0.25) is 5.02 Å². The van der Waals surface area contributed by atoms with Gasteiger partial charge in [-0.3, -0.25) is 0 Å². The van der Waals surface area contributed by atoms with Crippen molar-refractivity contribution >= 4 is 50.5 Å². The molecule has 0 atom stereocenters. The van der Waals surface area contributed by atoms with Crippen LogP contribution in [-0.4, -0.2) is 4.98 Å². The Balaban J connectivity index is 2.04. The fourth-order valence-corrected chi connectivity index (χ4v) is 2.65. The van der Waals surface area contributed by atoms with Gasteiger partial charge in [-0.1, -0.05) is 27.5 Å². The maximum atomic E-state index is 6.01. The van der Waals surface area contributed by atoms with Gasteiger partial charge in [0.05, 0.1) is 16.6 Å². The zero-order chi connectivity index (χ0) is 12.3. The van der Waals surface area contributed by atoms with Gasteiger partial charge in [-0.25, -0.2) is 4.98 Å². The van der Waals surface area contributed by atoms with Crippen LogP contribution < -0.4 is 4.74 Å². The number of alkyl halides is 1. The molecule has 0 saturated carbocycles. The van der Waals surface area contributed by atoms with E-state index in [2.05, 4.69) is 20.9 Å². The van der Waals surface area contributed by atoms with Gasteiger partial charge in [-0.2, -0.15) is 0 Å². The highest BCUT2D eigenvalue weighted by molar-refractivity contribution is 9.10. The van der Waals surface area contributed by atoms with Gasteiger partial charge in [-0.05, 0) is 18.2 Å². The summed E-state index contributed by atoms with van der Waals surface area (Å²) in [6.07, 6.45) is 0. The van der Waals surface area contributed by atoms with Gasteiger partial charge in [0.1, 0.15) is 17.4 Å². The van der Waals surface area contributed by atoms with Crippen LogP contribution in [0.25, 0.3) is 0 Å². The Morgan fingerprint density at radius 3 is 2.94 bits per heavy atom. The van der Waals surface area contributed by atoms with Gasteiger partial charge in [0.25, 0.3) is 0 Å². The van der Waals surface area contributed by atoms with Crippen LogP contribution in [0.4, 0.5) is 0 Å². The highest BCUT2D eigenvalue weighted by Gasteiger charge is 2.05. The number of rotatable bonds is 4. The lowest BCUT2D eigenvalue weighted by molar-refractivity contribution is 0.305. The summed E-state index contributed by atoms with van der Waals surface area (Å²) in [5.74, 6) is 1.07. The molecule has 0 N–H and O–H groups in total. The first-order valence-corrected chi connectivity index (χ1v) is 7.34. The van der Waals surface area contributed by atoms with E-state index < -0.39 is 0 Å². The van der Waals surface area contributed by atoms with Crippen LogP contribution in [0.3, 0.4) is 0 Å². The lowest BCUT2D eigenvalue weighted by Gasteiger charge is -2.06. The number of nitrogens with zero attached hydrogens (tertiary/aromatic N) is 1. The molecular formula is C11H8BrCl2NOS. The molecule has 90 valence electrons. The first-order valence-electron chi connectivity index (χ1n) is 4.76. The first-order chi connectivity index (χ1) is 8.19. The first kappa shape index (κ1) is 13.1. The lowest BCUT2D eigenvalue weighted by Crippen LogP contribution is -1.95. The van der Waals surface area contributed by atoms with Crippen molar-refractivity contribution in [3.05, 3.63) is 43.8 Å². The van der Waals surface area contributed by atoms with Crippen LogP contribution in [0, 0.1) is 0 Å². The zero-order valence-corrected chi connectivity index (χ0v) is 12.5. The van der Waals surface area contributed by atoms with E-state index in [9.17, 15) is 0 Å². The maximum absolute atomic E-state index is 6.01.